The van der Waals surface area contributed by atoms with Crippen molar-refractivity contribution in [1.82, 2.24) is 9.80 Å². The Morgan fingerprint density at radius 2 is 1.91 bits per heavy atom. The third kappa shape index (κ3) is 5.06. The molecule has 23 heavy (non-hydrogen) atoms. The Morgan fingerprint density at radius 3 is 2.48 bits per heavy atom. The fourth-order valence-electron chi connectivity index (χ4n) is 2.41. The van der Waals surface area contributed by atoms with Crippen molar-refractivity contribution in [3.05, 3.63) is 57.2 Å². The van der Waals surface area contributed by atoms with E-state index in [4.69, 9.17) is 11.6 Å². The lowest BCUT2D eigenvalue weighted by Gasteiger charge is -2.28. The highest BCUT2D eigenvalue weighted by Crippen LogP contribution is 2.23. The van der Waals surface area contributed by atoms with Gasteiger partial charge in [0.05, 0.1) is 16.9 Å². The number of halogens is 1. The van der Waals surface area contributed by atoms with E-state index in [9.17, 15) is 4.79 Å². The molecule has 124 valence electrons. The van der Waals surface area contributed by atoms with Crippen molar-refractivity contribution >= 4 is 28.8 Å². The van der Waals surface area contributed by atoms with E-state index in [2.05, 4.69) is 30.9 Å². The Balaban J connectivity index is 1.95. The standard InChI is InChI=1S/C18H23ClN2OS/c1-4-21(12-16-10-11-17(19)23-16)13-18(22)20(3)14(2)15-8-6-5-7-9-15/h5-11,14H,4,12-13H2,1-3H3. The second-order valence-corrected chi connectivity index (χ2v) is 7.40. The Bertz CT molecular complexity index is 629. The lowest BCUT2D eigenvalue weighted by molar-refractivity contribution is -0.133. The molecule has 0 saturated heterocycles. The summed E-state index contributed by atoms with van der Waals surface area (Å²) in [5, 5.41) is 0. The van der Waals surface area contributed by atoms with E-state index < -0.39 is 0 Å². The molecule has 5 heteroatoms. The maximum atomic E-state index is 12.6. The quantitative estimate of drug-likeness (QED) is 0.736. The van der Waals surface area contributed by atoms with Crippen LogP contribution in [0.5, 0.6) is 0 Å². The fraction of sp³-hybridized carbons (Fsp3) is 0.389. The number of likely N-dealkylation sites (N-methyl/N-ethyl adjacent to an activating group) is 2. The summed E-state index contributed by atoms with van der Waals surface area (Å²) in [5.74, 6) is 0.130. The minimum Gasteiger partial charge on any atom is -0.338 e. The second kappa shape index (κ2) is 8.48. The first-order valence-electron chi connectivity index (χ1n) is 7.78. The van der Waals surface area contributed by atoms with Crippen molar-refractivity contribution < 1.29 is 4.79 Å². The molecule has 1 aromatic heterocycles. The summed E-state index contributed by atoms with van der Waals surface area (Å²) in [4.78, 5) is 17.7. The summed E-state index contributed by atoms with van der Waals surface area (Å²) in [6, 6.07) is 14.1. The van der Waals surface area contributed by atoms with Crippen LogP contribution in [0.1, 0.15) is 30.3 Å². The zero-order chi connectivity index (χ0) is 16.8. The zero-order valence-electron chi connectivity index (χ0n) is 13.8. The van der Waals surface area contributed by atoms with Gasteiger partial charge in [-0.3, -0.25) is 9.69 Å². The Labute approximate surface area is 147 Å². The predicted octanol–water partition coefficient (Wildman–Crippen LogP) is 4.44. The van der Waals surface area contributed by atoms with Crippen molar-refractivity contribution in [2.75, 3.05) is 20.1 Å². The van der Waals surface area contributed by atoms with Gasteiger partial charge in [0, 0.05) is 18.5 Å². The molecular formula is C18H23ClN2OS. The van der Waals surface area contributed by atoms with E-state index in [-0.39, 0.29) is 11.9 Å². The van der Waals surface area contributed by atoms with Crippen molar-refractivity contribution in [3.8, 4) is 0 Å². The van der Waals surface area contributed by atoms with Crippen molar-refractivity contribution in [2.24, 2.45) is 0 Å². The lowest BCUT2D eigenvalue weighted by Crippen LogP contribution is -2.39. The van der Waals surface area contributed by atoms with Crippen molar-refractivity contribution in [3.63, 3.8) is 0 Å². The normalized spacial score (nSPS) is 12.4. The van der Waals surface area contributed by atoms with Gasteiger partial charge in [-0.2, -0.15) is 0 Å². The molecule has 0 N–H and O–H groups in total. The smallest absolute Gasteiger partial charge is 0.237 e. The van der Waals surface area contributed by atoms with E-state index in [1.54, 1.807) is 11.3 Å². The molecule has 0 aliphatic carbocycles. The molecule has 0 fully saturated rings. The SMILES string of the molecule is CCN(CC(=O)N(C)C(C)c1ccccc1)Cc1ccc(Cl)s1. The lowest BCUT2D eigenvalue weighted by atomic mass is 10.1. The molecule has 0 aliphatic rings. The molecule has 1 amide bonds. The molecule has 2 aromatic rings. The summed E-state index contributed by atoms with van der Waals surface area (Å²) in [6.07, 6.45) is 0. The number of benzene rings is 1. The molecule has 1 aromatic carbocycles. The number of nitrogens with zero attached hydrogens (tertiary/aromatic N) is 2. The number of thiophene rings is 1. The van der Waals surface area contributed by atoms with Gasteiger partial charge in [0.25, 0.3) is 0 Å². The highest BCUT2D eigenvalue weighted by atomic mass is 35.5. The summed E-state index contributed by atoms with van der Waals surface area (Å²) in [7, 11) is 1.87. The number of rotatable bonds is 7. The Morgan fingerprint density at radius 1 is 1.22 bits per heavy atom. The molecule has 0 bridgehead atoms. The molecule has 1 heterocycles. The topological polar surface area (TPSA) is 23.6 Å². The largest absolute Gasteiger partial charge is 0.338 e. The molecule has 0 spiro atoms. The van der Waals surface area contributed by atoms with Gasteiger partial charge in [0.15, 0.2) is 0 Å². The van der Waals surface area contributed by atoms with Gasteiger partial charge in [0.1, 0.15) is 0 Å². The summed E-state index contributed by atoms with van der Waals surface area (Å²) < 4.78 is 0.789. The number of amides is 1. The summed E-state index contributed by atoms with van der Waals surface area (Å²) >= 11 is 7.55. The van der Waals surface area contributed by atoms with E-state index >= 15 is 0 Å². The molecule has 1 atom stereocenters. The van der Waals surface area contributed by atoms with Gasteiger partial charge < -0.3 is 4.90 Å². The first-order valence-corrected chi connectivity index (χ1v) is 8.98. The summed E-state index contributed by atoms with van der Waals surface area (Å²) in [6.45, 7) is 6.13. The van der Waals surface area contributed by atoms with Crippen LogP contribution in [0.15, 0.2) is 42.5 Å². The second-order valence-electron chi connectivity index (χ2n) is 5.60. The minimum atomic E-state index is 0.0681. The van der Waals surface area contributed by atoms with Crippen LogP contribution >= 0.6 is 22.9 Å². The highest BCUT2D eigenvalue weighted by molar-refractivity contribution is 7.16. The number of carbonyl (C=O) groups excluding carboxylic acids is 1. The molecule has 0 radical (unpaired) electrons. The minimum absolute atomic E-state index is 0.0681. The van der Waals surface area contributed by atoms with Gasteiger partial charge in [-0.1, -0.05) is 48.9 Å². The maximum absolute atomic E-state index is 12.6. The van der Waals surface area contributed by atoms with E-state index in [0.29, 0.717) is 6.54 Å². The van der Waals surface area contributed by atoms with Crippen LogP contribution in [0.4, 0.5) is 0 Å². The van der Waals surface area contributed by atoms with Crippen LogP contribution in [0, 0.1) is 0 Å². The number of carbonyl (C=O) groups is 1. The zero-order valence-corrected chi connectivity index (χ0v) is 15.4. The van der Waals surface area contributed by atoms with E-state index in [1.807, 2.05) is 42.3 Å². The third-order valence-electron chi connectivity index (χ3n) is 4.07. The van der Waals surface area contributed by atoms with Crippen LogP contribution in [-0.4, -0.2) is 35.8 Å². The van der Waals surface area contributed by atoms with Gasteiger partial charge in [-0.25, -0.2) is 0 Å². The molecule has 0 saturated carbocycles. The van der Waals surface area contributed by atoms with Crippen LogP contribution in [0.25, 0.3) is 0 Å². The van der Waals surface area contributed by atoms with Gasteiger partial charge in [-0.05, 0) is 31.2 Å². The van der Waals surface area contributed by atoms with Crippen LogP contribution in [0.2, 0.25) is 4.34 Å². The molecule has 3 nitrogen and oxygen atoms in total. The Kier molecular flexibility index (Phi) is 6.63. The Hall–Kier alpha value is -1.36. The van der Waals surface area contributed by atoms with E-state index in [1.165, 1.54) is 4.88 Å². The van der Waals surface area contributed by atoms with Gasteiger partial charge in [-0.15, -0.1) is 11.3 Å². The molecule has 0 aliphatic heterocycles. The highest BCUT2D eigenvalue weighted by Gasteiger charge is 2.19. The van der Waals surface area contributed by atoms with Crippen molar-refractivity contribution in [2.45, 2.75) is 26.4 Å². The summed E-state index contributed by atoms with van der Waals surface area (Å²) in [5.41, 5.74) is 1.15. The molecule has 1 unspecified atom stereocenters. The monoisotopic (exact) mass is 350 g/mol. The third-order valence-corrected chi connectivity index (χ3v) is 5.29. The van der Waals surface area contributed by atoms with Gasteiger partial charge >= 0.3 is 0 Å². The molecular weight excluding hydrogens is 328 g/mol. The maximum Gasteiger partial charge on any atom is 0.237 e. The fourth-order valence-corrected chi connectivity index (χ4v) is 3.54. The predicted molar refractivity (Wildman–Crippen MR) is 97.9 cm³/mol. The molecule has 2 rings (SSSR count). The van der Waals surface area contributed by atoms with Crippen LogP contribution in [-0.2, 0) is 11.3 Å². The number of hydrogen-bond acceptors (Lipinski definition) is 3. The van der Waals surface area contributed by atoms with E-state index in [0.717, 1.165) is 23.0 Å². The van der Waals surface area contributed by atoms with Crippen LogP contribution in [0.3, 0.4) is 0 Å². The van der Waals surface area contributed by atoms with Crippen LogP contribution < -0.4 is 0 Å². The first kappa shape index (κ1) is 18.0. The van der Waals surface area contributed by atoms with Crippen molar-refractivity contribution in [1.29, 1.82) is 0 Å². The average molecular weight is 351 g/mol. The van der Waals surface area contributed by atoms with Gasteiger partial charge in [0.2, 0.25) is 5.91 Å². The number of hydrogen-bond donors (Lipinski definition) is 0. The first-order chi connectivity index (χ1) is 11.0. The average Bonchev–Trinajstić information content (AvgIpc) is 2.98.